The second-order valence-electron chi connectivity index (χ2n) is 6.09. The lowest BCUT2D eigenvalue weighted by Gasteiger charge is -2.16. The standard InChI is InChI=1S/C19H20N2O4/c22-17(16-7-4-9-20-16)13-25-19(24)15-11-18(23)21(12-15)10-8-14-5-2-1-3-6-14/h1-7,9,15,20H,8,10-13H2/t15-/m0/s1. The van der Waals surface area contributed by atoms with Crippen molar-refractivity contribution in [2.45, 2.75) is 12.8 Å². The third-order valence-corrected chi connectivity index (χ3v) is 4.30. The molecule has 0 spiro atoms. The number of Topliss-reactive ketones (excluding diaryl/α,β-unsaturated/α-hetero) is 1. The molecule has 130 valence electrons. The van der Waals surface area contributed by atoms with E-state index in [0.29, 0.717) is 18.8 Å². The minimum Gasteiger partial charge on any atom is -0.457 e. The number of ketones is 1. The molecule has 1 amide bonds. The Labute approximate surface area is 145 Å². The van der Waals surface area contributed by atoms with Gasteiger partial charge in [-0.15, -0.1) is 0 Å². The number of carbonyl (C=O) groups excluding carboxylic acids is 3. The normalized spacial score (nSPS) is 16.9. The number of rotatable bonds is 7. The van der Waals surface area contributed by atoms with Gasteiger partial charge in [0.05, 0.1) is 11.6 Å². The number of carbonyl (C=O) groups is 3. The van der Waals surface area contributed by atoms with Gasteiger partial charge in [-0.2, -0.15) is 0 Å². The molecule has 1 saturated heterocycles. The summed E-state index contributed by atoms with van der Waals surface area (Å²) in [6, 6.07) is 13.2. The lowest BCUT2D eigenvalue weighted by Crippen LogP contribution is -2.29. The van der Waals surface area contributed by atoms with Crippen LogP contribution in [0.2, 0.25) is 0 Å². The van der Waals surface area contributed by atoms with E-state index in [1.807, 2.05) is 30.3 Å². The molecule has 2 heterocycles. The molecule has 1 atom stereocenters. The topological polar surface area (TPSA) is 79.5 Å². The van der Waals surface area contributed by atoms with Crippen LogP contribution in [0.25, 0.3) is 0 Å². The number of ether oxygens (including phenoxy) is 1. The number of amides is 1. The van der Waals surface area contributed by atoms with Gasteiger partial charge < -0.3 is 14.6 Å². The summed E-state index contributed by atoms with van der Waals surface area (Å²) in [5, 5.41) is 0. The van der Waals surface area contributed by atoms with E-state index in [1.54, 1.807) is 23.2 Å². The van der Waals surface area contributed by atoms with Crippen LogP contribution in [0.1, 0.15) is 22.5 Å². The van der Waals surface area contributed by atoms with Gasteiger partial charge in [-0.3, -0.25) is 14.4 Å². The third-order valence-electron chi connectivity index (χ3n) is 4.30. The number of esters is 1. The molecule has 2 aromatic rings. The molecular formula is C19H20N2O4. The Morgan fingerprint density at radius 3 is 2.68 bits per heavy atom. The minimum absolute atomic E-state index is 0.0476. The molecule has 1 aromatic carbocycles. The molecule has 0 unspecified atom stereocenters. The smallest absolute Gasteiger partial charge is 0.311 e. The van der Waals surface area contributed by atoms with Crippen molar-refractivity contribution in [3.05, 3.63) is 59.9 Å². The van der Waals surface area contributed by atoms with Crippen molar-refractivity contribution < 1.29 is 19.1 Å². The molecule has 0 radical (unpaired) electrons. The van der Waals surface area contributed by atoms with E-state index < -0.39 is 11.9 Å². The van der Waals surface area contributed by atoms with Crippen LogP contribution in [0, 0.1) is 5.92 Å². The number of aromatic amines is 1. The highest BCUT2D eigenvalue weighted by Crippen LogP contribution is 2.19. The highest BCUT2D eigenvalue weighted by atomic mass is 16.5. The first-order valence-electron chi connectivity index (χ1n) is 8.28. The van der Waals surface area contributed by atoms with Gasteiger partial charge in [-0.1, -0.05) is 30.3 Å². The fourth-order valence-corrected chi connectivity index (χ4v) is 2.89. The first-order valence-corrected chi connectivity index (χ1v) is 8.28. The number of benzene rings is 1. The molecular weight excluding hydrogens is 320 g/mol. The van der Waals surface area contributed by atoms with E-state index in [-0.39, 0.29) is 24.7 Å². The van der Waals surface area contributed by atoms with Crippen LogP contribution in [0.5, 0.6) is 0 Å². The van der Waals surface area contributed by atoms with Crippen LogP contribution in [0.15, 0.2) is 48.7 Å². The Bertz CT molecular complexity index is 740. The first kappa shape index (κ1) is 17.0. The number of hydrogen-bond acceptors (Lipinski definition) is 4. The van der Waals surface area contributed by atoms with Gasteiger partial charge in [0.2, 0.25) is 11.7 Å². The third kappa shape index (κ3) is 4.35. The van der Waals surface area contributed by atoms with Crippen molar-refractivity contribution in [3.8, 4) is 0 Å². The zero-order valence-electron chi connectivity index (χ0n) is 13.8. The van der Waals surface area contributed by atoms with Crippen LogP contribution in [-0.4, -0.2) is 47.2 Å². The zero-order chi connectivity index (χ0) is 17.6. The fraction of sp³-hybridized carbons (Fsp3) is 0.316. The van der Waals surface area contributed by atoms with Crippen LogP contribution in [0.3, 0.4) is 0 Å². The molecule has 0 aliphatic carbocycles. The van der Waals surface area contributed by atoms with E-state index in [9.17, 15) is 14.4 Å². The molecule has 0 saturated carbocycles. The van der Waals surface area contributed by atoms with E-state index in [2.05, 4.69) is 4.98 Å². The number of aromatic nitrogens is 1. The molecule has 6 heteroatoms. The number of nitrogens with zero attached hydrogens (tertiary/aromatic N) is 1. The maximum atomic E-state index is 12.1. The van der Waals surface area contributed by atoms with Gasteiger partial charge >= 0.3 is 5.97 Å². The second kappa shape index (κ2) is 7.79. The number of nitrogens with one attached hydrogen (secondary N) is 1. The Kier molecular flexibility index (Phi) is 5.28. The number of likely N-dealkylation sites (tertiary alicyclic amines) is 1. The van der Waals surface area contributed by atoms with Crippen molar-refractivity contribution >= 4 is 17.7 Å². The molecule has 1 aliphatic rings. The highest BCUT2D eigenvalue weighted by molar-refractivity contribution is 5.96. The number of hydrogen-bond donors (Lipinski definition) is 1. The Morgan fingerprint density at radius 1 is 1.16 bits per heavy atom. The van der Waals surface area contributed by atoms with E-state index in [0.717, 1.165) is 12.0 Å². The largest absolute Gasteiger partial charge is 0.457 e. The van der Waals surface area contributed by atoms with Crippen LogP contribution < -0.4 is 0 Å². The highest BCUT2D eigenvalue weighted by Gasteiger charge is 2.35. The molecule has 6 nitrogen and oxygen atoms in total. The molecule has 0 bridgehead atoms. The summed E-state index contributed by atoms with van der Waals surface area (Å²) in [6.07, 6.45) is 2.53. The summed E-state index contributed by atoms with van der Waals surface area (Å²) in [4.78, 5) is 40.5. The summed E-state index contributed by atoms with van der Waals surface area (Å²) in [5.41, 5.74) is 1.55. The van der Waals surface area contributed by atoms with E-state index in [1.165, 1.54) is 0 Å². The predicted molar refractivity (Wildman–Crippen MR) is 90.9 cm³/mol. The molecule has 1 N–H and O–H groups in total. The molecule has 1 aliphatic heterocycles. The summed E-state index contributed by atoms with van der Waals surface area (Å²) >= 11 is 0. The Hall–Kier alpha value is -2.89. The summed E-state index contributed by atoms with van der Waals surface area (Å²) in [6.45, 7) is 0.614. The Morgan fingerprint density at radius 2 is 1.96 bits per heavy atom. The van der Waals surface area contributed by atoms with Gasteiger partial charge in [0.1, 0.15) is 0 Å². The Balaban J connectivity index is 1.46. The minimum atomic E-state index is -0.500. The predicted octanol–water partition coefficient (Wildman–Crippen LogP) is 1.83. The zero-order valence-corrected chi connectivity index (χ0v) is 13.8. The summed E-state index contributed by atoms with van der Waals surface area (Å²) < 4.78 is 5.08. The lowest BCUT2D eigenvalue weighted by molar-refractivity contribution is -0.147. The van der Waals surface area contributed by atoms with Crippen LogP contribution in [-0.2, 0) is 20.7 Å². The molecule has 1 aromatic heterocycles. The monoisotopic (exact) mass is 340 g/mol. The van der Waals surface area contributed by atoms with Gasteiger partial charge in [0.15, 0.2) is 6.61 Å². The molecule has 25 heavy (non-hydrogen) atoms. The molecule has 3 rings (SSSR count). The van der Waals surface area contributed by atoms with Crippen molar-refractivity contribution in [2.24, 2.45) is 5.92 Å². The maximum absolute atomic E-state index is 12.1. The van der Waals surface area contributed by atoms with Gasteiger partial charge in [-0.05, 0) is 24.1 Å². The van der Waals surface area contributed by atoms with Gasteiger partial charge in [-0.25, -0.2) is 0 Å². The van der Waals surface area contributed by atoms with Crippen LogP contribution in [0.4, 0.5) is 0 Å². The lowest BCUT2D eigenvalue weighted by atomic mass is 10.1. The maximum Gasteiger partial charge on any atom is 0.311 e. The average molecular weight is 340 g/mol. The average Bonchev–Trinajstić information content (AvgIpc) is 3.28. The van der Waals surface area contributed by atoms with Gasteiger partial charge in [0.25, 0.3) is 0 Å². The van der Waals surface area contributed by atoms with Crippen molar-refractivity contribution in [1.29, 1.82) is 0 Å². The van der Waals surface area contributed by atoms with E-state index in [4.69, 9.17) is 4.74 Å². The van der Waals surface area contributed by atoms with Crippen molar-refractivity contribution in [1.82, 2.24) is 9.88 Å². The summed E-state index contributed by atoms with van der Waals surface area (Å²) in [7, 11) is 0. The summed E-state index contributed by atoms with van der Waals surface area (Å²) in [5.74, 6) is -1.33. The first-order chi connectivity index (χ1) is 12.1. The SMILES string of the molecule is O=C(COC(=O)[C@H]1CC(=O)N(CCc2ccccc2)C1)c1ccc[nH]1. The molecule has 1 fully saturated rings. The van der Waals surface area contributed by atoms with Gasteiger partial charge in [0, 0.05) is 25.7 Å². The second-order valence-corrected chi connectivity index (χ2v) is 6.09. The van der Waals surface area contributed by atoms with Crippen molar-refractivity contribution in [2.75, 3.05) is 19.7 Å². The number of H-pyrrole nitrogens is 1. The van der Waals surface area contributed by atoms with Crippen molar-refractivity contribution in [3.63, 3.8) is 0 Å². The fourth-order valence-electron chi connectivity index (χ4n) is 2.89. The van der Waals surface area contributed by atoms with Crippen LogP contribution >= 0.6 is 0 Å². The quantitative estimate of drug-likeness (QED) is 0.616. The van der Waals surface area contributed by atoms with E-state index >= 15 is 0 Å².